The fourth-order valence-corrected chi connectivity index (χ4v) is 14.7. The van der Waals surface area contributed by atoms with Crippen molar-refractivity contribution in [2.45, 2.75) is 204 Å². The molecule has 4 saturated carbocycles. The summed E-state index contributed by atoms with van der Waals surface area (Å²) in [7, 11) is 0. The summed E-state index contributed by atoms with van der Waals surface area (Å²) >= 11 is 0. The van der Waals surface area contributed by atoms with Crippen LogP contribution < -0.4 is 0 Å². The topological polar surface area (TPSA) is 329 Å². The van der Waals surface area contributed by atoms with Crippen molar-refractivity contribution in [2.24, 2.45) is 50.2 Å². The Labute approximate surface area is 395 Å². The van der Waals surface area contributed by atoms with Gasteiger partial charge in [0.25, 0.3) is 0 Å². The molecular weight excluding hydrogens is 897 g/mol. The van der Waals surface area contributed by atoms with Crippen molar-refractivity contribution < 1.29 is 99.0 Å². The monoisotopic (exact) mass is 970 g/mol. The number of fused-ring (bicyclic) bond motifs is 7. The minimum atomic E-state index is -1.94. The Balaban J connectivity index is 0.998. The quantitative estimate of drug-likeness (QED) is 0.0741. The molecule has 25 atom stereocenters. The van der Waals surface area contributed by atoms with Crippen LogP contribution in [-0.2, 0) is 42.8 Å². The van der Waals surface area contributed by atoms with E-state index in [0.717, 1.165) is 31.1 Å². The lowest BCUT2D eigenvalue weighted by molar-refractivity contribution is -0.361. The number of ether oxygens (including phenoxy) is 6. The lowest BCUT2D eigenvalue weighted by Gasteiger charge is -2.70. The van der Waals surface area contributed by atoms with Gasteiger partial charge < -0.3 is 89.4 Å². The first-order chi connectivity index (χ1) is 31.8. The lowest BCUT2D eigenvalue weighted by atomic mass is 9.33. The van der Waals surface area contributed by atoms with Crippen LogP contribution >= 0.6 is 0 Å². The second kappa shape index (κ2) is 18.4. The van der Waals surface area contributed by atoms with Crippen LogP contribution in [0.5, 0.6) is 0 Å². The molecule has 20 heteroatoms. The summed E-state index contributed by atoms with van der Waals surface area (Å²) in [6.45, 7) is 10.3. The molecule has 7 fully saturated rings. The lowest BCUT2D eigenvalue weighted by Crippen LogP contribution is -2.66. The Bertz CT molecular complexity index is 1940. The molecule has 0 bridgehead atoms. The summed E-state index contributed by atoms with van der Waals surface area (Å²) in [5, 5.41) is 118. The maximum absolute atomic E-state index is 15.0. The molecule has 386 valence electrons. The van der Waals surface area contributed by atoms with Gasteiger partial charge in [-0.3, -0.25) is 9.59 Å². The molecule has 0 radical (unpaired) electrons. The molecule has 8 aliphatic rings. The average molecular weight is 971 g/mol. The summed E-state index contributed by atoms with van der Waals surface area (Å²) in [5.41, 5.74) is -3.40. The zero-order chi connectivity index (χ0) is 49.8. The first-order valence-electron chi connectivity index (χ1n) is 24.4. The number of carboxylic acids is 1. The van der Waals surface area contributed by atoms with Gasteiger partial charge in [-0.15, -0.1) is 0 Å². The van der Waals surface area contributed by atoms with Crippen LogP contribution in [0, 0.1) is 50.2 Å². The minimum Gasteiger partial charge on any atom is -0.481 e. The van der Waals surface area contributed by atoms with E-state index in [2.05, 4.69) is 26.8 Å². The number of aldehydes is 1. The molecule has 0 aromatic carbocycles. The number of rotatable bonds is 10. The van der Waals surface area contributed by atoms with Gasteiger partial charge in [-0.05, 0) is 112 Å². The van der Waals surface area contributed by atoms with E-state index >= 15 is 0 Å². The molecule has 0 aromatic rings. The van der Waals surface area contributed by atoms with Gasteiger partial charge in [0.1, 0.15) is 73.4 Å². The fraction of sp³-hybridized carbons (Fsp3) is 0.896. The van der Waals surface area contributed by atoms with Gasteiger partial charge in [-0.1, -0.05) is 39.3 Å². The maximum atomic E-state index is 15.0. The highest BCUT2D eigenvalue weighted by Crippen LogP contribution is 2.76. The number of hydrogen-bond donors (Lipinski definition) is 11. The summed E-state index contributed by atoms with van der Waals surface area (Å²) in [4.78, 5) is 40.6. The third-order valence-corrected chi connectivity index (χ3v) is 19.5. The van der Waals surface area contributed by atoms with Gasteiger partial charge in [0, 0.05) is 0 Å². The van der Waals surface area contributed by atoms with Crippen LogP contribution in [0.3, 0.4) is 0 Å². The Hall–Kier alpha value is -2.25. The van der Waals surface area contributed by atoms with E-state index in [1.807, 2.05) is 6.92 Å². The van der Waals surface area contributed by atoms with Gasteiger partial charge in [0.15, 0.2) is 12.6 Å². The second-order valence-electron chi connectivity index (χ2n) is 22.9. The zero-order valence-corrected chi connectivity index (χ0v) is 39.7. The highest BCUT2D eigenvalue weighted by molar-refractivity contribution is 5.81. The number of allylic oxidation sites excluding steroid dienone is 2. The Kier molecular flexibility index (Phi) is 14.1. The van der Waals surface area contributed by atoms with Gasteiger partial charge in [-0.2, -0.15) is 0 Å². The molecule has 20 nitrogen and oxygen atoms in total. The molecule has 0 unspecified atom stereocenters. The highest BCUT2D eigenvalue weighted by Gasteiger charge is 2.71. The number of aliphatic carboxylic acids is 1. The van der Waals surface area contributed by atoms with Crippen molar-refractivity contribution in [1.29, 1.82) is 0 Å². The van der Waals surface area contributed by atoms with Gasteiger partial charge in [-0.25, -0.2) is 0 Å². The Morgan fingerprint density at radius 3 is 2.01 bits per heavy atom. The van der Waals surface area contributed by atoms with Gasteiger partial charge in [0.2, 0.25) is 6.29 Å². The Morgan fingerprint density at radius 1 is 0.721 bits per heavy atom. The molecule has 8 rings (SSSR count). The van der Waals surface area contributed by atoms with Crippen LogP contribution in [0.15, 0.2) is 11.6 Å². The maximum Gasteiger partial charge on any atom is 0.315 e. The average Bonchev–Trinajstić information content (AvgIpc) is 3.30. The first kappa shape index (κ1) is 52.1. The molecule has 68 heavy (non-hydrogen) atoms. The minimum absolute atomic E-state index is 0.0351. The van der Waals surface area contributed by atoms with Crippen molar-refractivity contribution in [3.8, 4) is 0 Å². The first-order valence-corrected chi connectivity index (χ1v) is 24.4. The van der Waals surface area contributed by atoms with E-state index in [-0.39, 0.29) is 41.9 Å². The van der Waals surface area contributed by atoms with E-state index in [1.54, 1.807) is 6.92 Å². The second-order valence-corrected chi connectivity index (χ2v) is 22.9. The number of aliphatic hydroxyl groups is 10. The Morgan fingerprint density at radius 2 is 1.35 bits per heavy atom. The van der Waals surface area contributed by atoms with Crippen LogP contribution in [-0.4, -0.2) is 186 Å². The standard InChI is InChI=1S/C48H74O20/c1-21-29(52)31(54)34(57)39(64-21)67-37-24(18-49)65-38(36(59)33(37)56)63-19-25-30(53)32(55)35(58)40(66-25)68-42(62)48-15-13-43(2,41(60)61)17-23(48)22-7-8-27-44(3)11-10-28(51)45(4,20-50)26(44)9-12-47(27,6)46(22,5)14-16-48/h7,20-21,23-40,49,51-59H,8-19H2,1-6H3,(H,60,61)/t21-,23-,24+,25+,26+,27+,28-,29-,30+,31+,32-,33-,34+,35+,36+,37+,38+,39-,40-,43+,44+,45-,46+,47+,48-/m0/s1. The molecule has 11 N–H and O–H groups in total. The predicted octanol–water partition coefficient (Wildman–Crippen LogP) is -0.588. The van der Waals surface area contributed by atoms with Crippen molar-refractivity contribution in [3.05, 3.63) is 11.6 Å². The molecule has 3 aliphatic heterocycles. The highest BCUT2D eigenvalue weighted by atomic mass is 16.8. The van der Waals surface area contributed by atoms with E-state index in [9.17, 15) is 70.6 Å². The summed E-state index contributed by atoms with van der Waals surface area (Å²) in [6.07, 6.45) is -17.9. The van der Waals surface area contributed by atoms with Crippen LogP contribution in [0.2, 0.25) is 0 Å². The SMILES string of the molecule is C[C@@H]1O[C@@H](O[C@H]2[C@@H](O)[C@@H](O)[C@H](OC[C@H]3O[C@@H](OC(=O)[C@]45CC[C@@](C)(C(=O)O)C[C@H]4C4=CC[C@@H]6[C@]7(C)CC[C@H](O)[C@@](C)(C=O)[C@@H]7CC[C@@]6(C)[C@]4(C)CC5)[C@H](O)[C@@H](O)[C@@H]3O)O[C@@H]2CO)[C@H](O)[C@H](O)[C@H]1O. The summed E-state index contributed by atoms with van der Waals surface area (Å²) in [6, 6.07) is 0. The summed E-state index contributed by atoms with van der Waals surface area (Å²) < 4.78 is 34.5. The fourth-order valence-electron chi connectivity index (χ4n) is 14.7. The van der Waals surface area contributed by atoms with E-state index in [4.69, 9.17) is 28.4 Å². The number of aliphatic hydroxyl groups excluding tert-OH is 10. The number of carbonyl (C=O) groups excluding carboxylic acids is 2. The van der Waals surface area contributed by atoms with Crippen LogP contribution in [0.4, 0.5) is 0 Å². The smallest absolute Gasteiger partial charge is 0.315 e. The van der Waals surface area contributed by atoms with Crippen molar-refractivity contribution in [2.75, 3.05) is 13.2 Å². The molecule has 0 aromatic heterocycles. The van der Waals surface area contributed by atoms with Crippen molar-refractivity contribution in [1.82, 2.24) is 0 Å². The van der Waals surface area contributed by atoms with Gasteiger partial charge >= 0.3 is 11.9 Å². The largest absolute Gasteiger partial charge is 0.481 e. The van der Waals surface area contributed by atoms with Gasteiger partial charge in [0.05, 0.1) is 41.7 Å². The molecule has 5 aliphatic carbocycles. The number of carbonyl (C=O) groups is 3. The van der Waals surface area contributed by atoms with E-state index in [1.165, 1.54) is 6.92 Å². The number of hydrogen-bond acceptors (Lipinski definition) is 19. The van der Waals surface area contributed by atoms with Crippen LogP contribution in [0.1, 0.15) is 106 Å². The molecular formula is C48H74O20. The predicted molar refractivity (Wildman–Crippen MR) is 231 cm³/mol. The third-order valence-electron chi connectivity index (χ3n) is 19.5. The molecule has 3 heterocycles. The normalized spacial score (nSPS) is 54.8. The van der Waals surface area contributed by atoms with E-state index < -0.39 is 151 Å². The molecule has 0 amide bonds. The zero-order valence-electron chi connectivity index (χ0n) is 39.7. The summed E-state index contributed by atoms with van der Waals surface area (Å²) in [5.74, 6) is -2.24. The van der Waals surface area contributed by atoms with Crippen molar-refractivity contribution >= 4 is 18.2 Å². The molecule has 0 spiro atoms. The van der Waals surface area contributed by atoms with E-state index in [0.29, 0.717) is 25.7 Å². The molecule has 3 saturated heterocycles. The number of esters is 1. The van der Waals surface area contributed by atoms with Crippen molar-refractivity contribution in [3.63, 3.8) is 0 Å². The van der Waals surface area contributed by atoms with Crippen LogP contribution in [0.25, 0.3) is 0 Å². The number of carboxylic acid groups (broad SMARTS) is 1. The third kappa shape index (κ3) is 7.86.